The molecule has 1 heterocycles. The summed E-state index contributed by atoms with van der Waals surface area (Å²) in [6.45, 7) is 6.56. The standard InChI is InChI=1S/C15H25N3/c1-3-5-12-18(13-9-10-13)15-8-6-7-14(17-15)16-11-4-2/h6-8,13H,3-5,9-12H2,1-2H3,(H,16,17). The summed E-state index contributed by atoms with van der Waals surface area (Å²) in [6, 6.07) is 7.06. The summed E-state index contributed by atoms with van der Waals surface area (Å²) in [7, 11) is 0. The van der Waals surface area contributed by atoms with Crippen molar-refractivity contribution in [2.75, 3.05) is 23.3 Å². The van der Waals surface area contributed by atoms with Crippen LogP contribution in [-0.4, -0.2) is 24.1 Å². The van der Waals surface area contributed by atoms with Gasteiger partial charge in [0.15, 0.2) is 0 Å². The van der Waals surface area contributed by atoms with E-state index in [-0.39, 0.29) is 0 Å². The summed E-state index contributed by atoms with van der Waals surface area (Å²) >= 11 is 0. The lowest BCUT2D eigenvalue weighted by atomic mass is 10.3. The molecule has 0 aliphatic heterocycles. The number of nitrogens with one attached hydrogen (secondary N) is 1. The van der Waals surface area contributed by atoms with Crippen LogP contribution < -0.4 is 10.2 Å². The van der Waals surface area contributed by atoms with Crippen LogP contribution in [0.5, 0.6) is 0 Å². The van der Waals surface area contributed by atoms with Crippen LogP contribution in [-0.2, 0) is 0 Å². The van der Waals surface area contributed by atoms with Crippen molar-refractivity contribution in [1.29, 1.82) is 0 Å². The Morgan fingerprint density at radius 1 is 1.28 bits per heavy atom. The van der Waals surface area contributed by atoms with E-state index in [4.69, 9.17) is 4.98 Å². The maximum Gasteiger partial charge on any atom is 0.131 e. The fraction of sp³-hybridized carbons (Fsp3) is 0.667. The normalized spacial score (nSPS) is 14.6. The second kappa shape index (κ2) is 6.62. The Hall–Kier alpha value is -1.25. The maximum atomic E-state index is 4.74. The SMILES string of the molecule is CCCCN(c1cccc(NCCC)n1)C1CC1. The fourth-order valence-corrected chi connectivity index (χ4v) is 2.13. The largest absolute Gasteiger partial charge is 0.370 e. The van der Waals surface area contributed by atoms with Gasteiger partial charge in [0.2, 0.25) is 0 Å². The van der Waals surface area contributed by atoms with Gasteiger partial charge in [-0.3, -0.25) is 0 Å². The number of aromatic nitrogens is 1. The van der Waals surface area contributed by atoms with Crippen LogP contribution in [0.1, 0.15) is 46.0 Å². The van der Waals surface area contributed by atoms with Crippen LogP contribution in [0.2, 0.25) is 0 Å². The lowest BCUT2D eigenvalue weighted by Crippen LogP contribution is -2.27. The summed E-state index contributed by atoms with van der Waals surface area (Å²) in [5.74, 6) is 2.16. The van der Waals surface area contributed by atoms with Crippen molar-refractivity contribution in [2.24, 2.45) is 0 Å². The molecule has 0 aromatic carbocycles. The lowest BCUT2D eigenvalue weighted by Gasteiger charge is -2.23. The maximum absolute atomic E-state index is 4.74. The molecule has 1 fully saturated rings. The molecule has 0 spiro atoms. The predicted molar refractivity (Wildman–Crippen MR) is 78.3 cm³/mol. The van der Waals surface area contributed by atoms with Crippen molar-refractivity contribution < 1.29 is 0 Å². The second-order valence-corrected chi connectivity index (χ2v) is 5.09. The van der Waals surface area contributed by atoms with Crippen LogP contribution in [0.3, 0.4) is 0 Å². The molecule has 1 aliphatic carbocycles. The number of anilines is 2. The Morgan fingerprint density at radius 3 is 2.78 bits per heavy atom. The minimum absolute atomic E-state index is 0.741. The van der Waals surface area contributed by atoms with Crippen LogP contribution in [0.15, 0.2) is 18.2 Å². The van der Waals surface area contributed by atoms with Gasteiger partial charge in [0.25, 0.3) is 0 Å². The number of hydrogen-bond acceptors (Lipinski definition) is 3. The highest BCUT2D eigenvalue weighted by atomic mass is 15.2. The highest BCUT2D eigenvalue weighted by Crippen LogP contribution is 2.31. The molecule has 18 heavy (non-hydrogen) atoms. The van der Waals surface area contributed by atoms with E-state index in [1.165, 1.54) is 25.7 Å². The summed E-state index contributed by atoms with van der Waals surface area (Å²) in [6.07, 6.45) is 6.30. The molecule has 0 amide bonds. The molecule has 100 valence electrons. The first kappa shape index (κ1) is 13.2. The van der Waals surface area contributed by atoms with Crippen LogP contribution >= 0.6 is 0 Å². The van der Waals surface area contributed by atoms with E-state index in [2.05, 4.69) is 42.3 Å². The molecule has 1 aromatic heterocycles. The van der Waals surface area contributed by atoms with Gasteiger partial charge < -0.3 is 10.2 Å². The first-order valence-electron chi connectivity index (χ1n) is 7.32. The number of pyridine rings is 1. The summed E-state index contributed by atoms with van der Waals surface area (Å²) in [5.41, 5.74) is 0. The predicted octanol–water partition coefficient (Wildman–Crippen LogP) is 3.67. The molecular formula is C15H25N3. The molecule has 2 rings (SSSR count). The third kappa shape index (κ3) is 3.62. The van der Waals surface area contributed by atoms with Gasteiger partial charge in [0.05, 0.1) is 0 Å². The monoisotopic (exact) mass is 247 g/mol. The zero-order chi connectivity index (χ0) is 12.8. The number of hydrogen-bond donors (Lipinski definition) is 1. The van der Waals surface area contributed by atoms with Crippen molar-refractivity contribution >= 4 is 11.6 Å². The zero-order valence-electron chi connectivity index (χ0n) is 11.7. The molecule has 1 aromatic rings. The van der Waals surface area contributed by atoms with E-state index in [0.29, 0.717) is 0 Å². The molecule has 0 saturated heterocycles. The Bertz CT molecular complexity index is 361. The summed E-state index contributed by atoms with van der Waals surface area (Å²) in [5, 5.41) is 3.37. The van der Waals surface area contributed by atoms with E-state index < -0.39 is 0 Å². The van der Waals surface area contributed by atoms with Gasteiger partial charge >= 0.3 is 0 Å². The third-order valence-corrected chi connectivity index (χ3v) is 3.32. The van der Waals surface area contributed by atoms with Gasteiger partial charge in [0.1, 0.15) is 11.6 Å². The zero-order valence-corrected chi connectivity index (χ0v) is 11.7. The molecule has 3 heteroatoms. The van der Waals surface area contributed by atoms with Gasteiger partial charge in [0, 0.05) is 19.1 Å². The second-order valence-electron chi connectivity index (χ2n) is 5.09. The number of unbranched alkanes of at least 4 members (excludes halogenated alkanes) is 1. The van der Waals surface area contributed by atoms with Crippen molar-refractivity contribution in [2.45, 2.75) is 52.0 Å². The van der Waals surface area contributed by atoms with Crippen LogP contribution in [0, 0.1) is 0 Å². The smallest absolute Gasteiger partial charge is 0.131 e. The summed E-state index contributed by atoms with van der Waals surface area (Å²) < 4.78 is 0. The number of nitrogens with zero attached hydrogens (tertiary/aromatic N) is 2. The molecule has 0 bridgehead atoms. The quantitative estimate of drug-likeness (QED) is 0.759. The van der Waals surface area contributed by atoms with Crippen molar-refractivity contribution in [3.63, 3.8) is 0 Å². The molecule has 3 nitrogen and oxygen atoms in total. The number of rotatable bonds is 8. The average Bonchev–Trinajstić information content (AvgIpc) is 3.22. The fourth-order valence-electron chi connectivity index (χ4n) is 2.13. The van der Waals surface area contributed by atoms with Gasteiger partial charge in [-0.1, -0.05) is 26.3 Å². The average molecular weight is 247 g/mol. The molecule has 0 radical (unpaired) electrons. The highest BCUT2D eigenvalue weighted by Gasteiger charge is 2.29. The topological polar surface area (TPSA) is 28.2 Å². The van der Waals surface area contributed by atoms with Crippen molar-refractivity contribution in [3.05, 3.63) is 18.2 Å². The highest BCUT2D eigenvalue weighted by molar-refractivity contribution is 5.48. The van der Waals surface area contributed by atoms with Gasteiger partial charge in [-0.25, -0.2) is 4.98 Å². The van der Waals surface area contributed by atoms with E-state index in [0.717, 1.165) is 37.2 Å². The van der Waals surface area contributed by atoms with E-state index in [1.807, 2.05) is 0 Å². The molecule has 0 atom stereocenters. The van der Waals surface area contributed by atoms with Gasteiger partial charge in [-0.2, -0.15) is 0 Å². The molecule has 1 saturated carbocycles. The van der Waals surface area contributed by atoms with Crippen LogP contribution in [0.4, 0.5) is 11.6 Å². The molecule has 1 N–H and O–H groups in total. The van der Waals surface area contributed by atoms with E-state index >= 15 is 0 Å². The first-order valence-corrected chi connectivity index (χ1v) is 7.32. The minimum Gasteiger partial charge on any atom is -0.370 e. The Morgan fingerprint density at radius 2 is 2.11 bits per heavy atom. The van der Waals surface area contributed by atoms with E-state index in [1.54, 1.807) is 0 Å². The van der Waals surface area contributed by atoms with Crippen LogP contribution in [0.25, 0.3) is 0 Å². The van der Waals surface area contributed by atoms with Crippen molar-refractivity contribution in [3.8, 4) is 0 Å². The molecule has 1 aliphatic rings. The Labute approximate surface area is 111 Å². The third-order valence-electron chi connectivity index (χ3n) is 3.32. The van der Waals surface area contributed by atoms with Crippen molar-refractivity contribution in [1.82, 2.24) is 4.98 Å². The lowest BCUT2D eigenvalue weighted by molar-refractivity contribution is 0.705. The molecular weight excluding hydrogens is 222 g/mol. The Kier molecular flexibility index (Phi) is 4.85. The Balaban J connectivity index is 2.03. The first-order chi connectivity index (χ1) is 8.85. The van der Waals surface area contributed by atoms with Gasteiger partial charge in [-0.15, -0.1) is 0 Å². The summed E-state index contributed by atoms with van der Waals surface area (Å²) in [4.78, 5) is 7.23. The van der Waals surface area contributed by atoms with E-state index in [9.17, 15) is 0 Å². The van der Waals surface area contributed by atoms with Gasteiger partial charge in [-0.05, 0) is 37.8 Å². The molecule has 0 unspecified atom stereocenters. The minimum atomic E-state index is 0.741.